The number of hydrogen-bond donors (Lipinski definition) is 1. The van der Waals surface area contributed by atoms with E-state index < -0.39 is 17.2 Å². The molecule has 0 aliphatic rings. The fourth-order valence-corrected chi connectivity index (χ4v) is 4.29. The topological polar surface area (TPSA) is 85.7 Å². The summed E-state index contributed by atoms with van der Waals surface area (Å²) in [5.74, 6) is -1.47. The van der Waals surface area contributed by atoms with Crippen LogP contribution in [0.1, 0.15) is 22.5 Å². The Bertz CT molecular complexity index is 1660. The molecule has 0 unspecified atom stereocenters. The normalized spacial score (nSPS) is 11.2. The number of aromatic amines is 1. The van der Waals surface area contributed by atoms with Crippen LogP contribution < -0.4 is 10.3 Å². The van der Waals surface area contributed by atoms with Gasteiger partial charge in [0.15, 0.2) is 5.82 Å². The molecule has 0 fully saturated rings. The summed E-state index contributed by atoms with van der Waals surface area (Å²) in [5.41, 5.74) is 3.94. The van der Waals surface area contributed by atoms with E-state index in [4.69, 9.17) is 16.3 Å². The molecule has 5 aromatic rings. The summed E-state index contributed by atoms with van der Waals surface area (Å²) in [6, 6.07) is 9.86. The van der Waals surface area contributed by atoms with Gasteiger partial charge in [-0.25, -0.2) is 13.8 Å². The predicted molar refractivity (Wildman–Crippen MR) is 132 cm³/mol. The lowest BCUT2D eigenvalue weighted by Gasteiger charge is -2.16. The average molecular weight is 508 g/mol. The van der Waals surface area contributed by atoms with Crippen LogP contribution in [0.15, 0.2) is 59.8 Å². The Morgan fingerprint density at radius 3 is 2.78 bits per heavy atom. The van der Waals surface area contributed by atoms with Crippen LogP contribution in [0.4, 0.5) is 8.78 Å². The van der Waals surface area contributed by atoms with E-state index in [9.17, 15) is 13.6 Å². The Morgan fingerprint density at radius 2 is 2.00 bits per heavy atom. The van der Waals surface area contributed by atoms with Crippen molar-refractivity contribution in [3.05, 3.63) is 105 Å². The fourth-order valence-electron chi connectivity index (χ4n) is 4.10. The molecule has 10 heteroatoms. The second-order valence-electron chi connectivity index (χ2n) is 8.33. The third kappa shape index (κ3) is 4.45. The second kappa shape index (κ2) is 9.50. The molecule has 0 radical (unpaired) electrons. The highest BCUT2D eigenvalue weighted by Gasteiger charge is 2.17. The highest BCUT2D eigenvalue weighted by atomic mass is 35.5. The number of hydrogen-bond acceptors (Lipinski definition) is 5. The van der Waals surface area contributed by atoms with Crippen molar-refractivity contribution in [2.24, 2.45) is 0 Å². The zero-order valence-corrected chi connectivity index (χ0v) is 20.1. The number of rotatable bonds is 6. The maximum atomic E-state index is 13.8. The van der Waals surface area contributed by atoms with Crippen molar-refractivity contribution in [1.29, 1.82) is 0 Å². The van der Waals surface area contributed by atoms with E-state index >= 15 is 0 Å². The van der Waals surface area contributed by atoms with Crippen LogP contribution in [0, 0.1) is 25.5 Å². The van der Waals surface area contributed by atoms with Gasteiger partial charge in [-0.05, 0) is 37.6 Å². The largest absolute Gasteiger partial charge is 0.487 e. The van der Waals surface area contributed by atoms with Gasteiger partial charge >= 0.3 is 0 Å². The van der Waals surface area contributed by atoms with Crippen LogP contribution >= 0.6 is 11.6 Å². The van der Waals surface area contributed by atoms with Gasteiger partial charge in [0, 0.05) is 46.9 Å². The molecule has 1 N–H and O–H groups in total. The van der Waals surface area contributed by atoms with Gasteiger partial charge in [-0.1, -0.05) is 23.7 Å². The number of pyridine rings is 3. The molecule has 0 aliphatic heterocycles. The minimum Gasteiger partial charge on any atom is -0.487 e. The molecule has 182 valence electrons. The highest BCUT2D eigenvalue weighted by Crippen LogP contribution is 2.35. The molecule has 7 nitrogen and oxygen atoms in total. The van der Waals surface area contributed by atoms with Crippen molar-refractivity contribution in [1.82, 2.24) is 24.7 Å². The number of halogens is 3. The number of nitrogens with one attached hydrogen (secondary N) is 1. The molecular formula is C26H20ClF2N5O2. The summed E-state index contributed by atoms with van der Waals surface area (Å²) < 4.78 is 34.7. The van der Waals surface area contributed by atoms with Crippen molar-refractivity contribution in [3.63, 3.8) is 0 Å². The summed E-state index contributed by atoms with van der Waals surface area (Å²) in [5, 5.41) is 8.35. The summed E-state index contributed by atoms with van der Waals surface area (Å²) in [4.78, 5) is 21.2. The molecule has 1 aromatic carbocycles. The highest BCUT2D eigenvalue weighted by molar-refractivity contribution is 6.33. The van der Waals surface area contributed by atoms with Crippen molar-refractivity contribution in [2.45, 2.75) is 27.0 Å². The van der Waals surface area contributed by atoms with E-state index in [1.165, 1.54) is 0 Å². The third-order valence-electron chi connectivity index (χ3n) is 5.86. The first-order valence-corrected chi connectivity index (χ1v) is 11.4. The van der Waals surface area contributed by atoms with E-state index in [0.717, 1.165) is 33.0 Å². The van der Waals surface area contributed by atoms with Crippen LogP contribution in [-0.4, -0.2) is 24.7 Å². The molecule has 36 heavy (non-hydrogen) atoms. The van der Waals surface area contributed by atoms with Gasteiger partial charge in [-0.3, -0.25) is 14.9 Å². The van der Waals surface area contributed by atoms with E-state index in [1.54, 1.807) is 18.5 Å². The van der Waals surface area contributed by atoms with Crippen molar-refractivity contribution in [3.8, 4) is 17.0 Å². The van der Waals surface area contributed by atoms with Gasteiger partial charge in [0.05, 0.1) is 17.3 Å². The number of para-hydroxylation sites is 1. The van der Waals surface area contributed by atoms with Crippen LogP contribution in [0.25, 0.3) is 22.2 Å². The van der Waals surface area contributed by atoms with Crippen molar-refractivity contribution in [2.75, 3.05) is 0 Å². The average Bonchev–Trinajstić information content (AvgIpc) is 3.27. The summed E-state index contributed by atoms with van der Waals surface area (Å²) in [6.45, 7) is 3.75. The van der Waals surface area contributed by atoms with E-state index in [2.05, 4.69) is 20.2 Å². The Morgan fingerprint density at radius 1 is 1.17 bits per heavy atom. The summed E-state index contributed by atoms with van der Waals surface area (Å²) in [7, 11) is 0. The van der Waals surface area contributed by atoms with Crippen LogP contribution in [-0.2, 0) is 13.2 Å². The van der Waals surface area contributed by atoms with Crippen LogP contribution in [0.3, 0.4) is 0 Å². The standard InChI is InChI=1S/C26H20ClF2N5O2/c1-14-6-7-30-22(12-34-11-16(28)9-21(29)26(34)35)19(14)13-36-23-5-3-4-17-18(8-15(2)32-25(17)23)24-20(27)10-31-33-24/h3-11H,12-13H2,1-2H3,(H,31,33). The summed E-state index contributed by atoms with van der Waals surface area (Å²) >= 11 is 6.32. The molecule has 4 heterocycles. The predicted octanol–water partition coefficient (Wildman–Crippen LogP) is 5.36. The first kappa shape index (κ1) is 23.6. The molecular weight excluding hydrogens is 488 g/mol. The second-order valence-corrected chi connectivity index (χ2v) is 8.73. The van der Waals surface area contributed by atoms with Gasteiger partial charge in [0.25, 0.3) is 5.56 Å². The van der Waals surface area contributed by atoms with Crippen molar-refractivity contribution < 1.29 is 13.5 Å². The maximum Gasteiger partial charge on any atom is 0.287 e. The van der Waals surface area contributed by atoms with E-state index in [0.29, 0.717) is 39.3 Å². The molecule has 0 bridgehead atoms. The summed E-state index contributed by atoms with van der Waals surface area (Å²) in [6.07, 6.45) is 4.15. The lowest BCUT2D eigenvalue weighted by atomic mass is 10.0. The van der Waals surface area contributed by atoms with Crippen molar-refractivity contribution >= 4 is 22.5 Å². The SMILES string of the molecule is Cc1cc(-c2n[nH]cc2Cl)c2cccc(OCc3c(C)ccnc3Cn3cc(F)cc(F)c3=O)c2n1. The molecule has 5 rings (SSSR count). The number of benzene rings is 1. The number of ether oxygens (including phenoxy) is 1. The molecule has 4 aromatic heterocycles. The number of H-pyrrole nitrogens is 1. The monoisotopic (exact) mass is 507 g/mol. The van der Waals surface area contributed by atoms with Gasteiger partial charge in [-0.15, -0.1) is 0 Å². The Balaban J connectivity index is 1.51. The van der Waals surface area contributed by atoms with Gasteiger partial charge < -0.3 is 9.30 Å². The molecule has 0 aliphatic carbocycles. The van der Waals surface area contributed by atoms with Gasteiger partial charge in [0.2, 0.25) is 0 Å². The minimum atomic E-state index is -1.16. The third-order valence-corrected chi connectivity index (χ3v) is 6.15. The zero-order chi connectivity index (χ0) is 25.4. The Kier molecular flexibility index (Phi) is 6.24. The van der Waals surface area contributed by atoms with Crippen LogP contribution in [0.2, 0.25) is 5.02 Å². The van der Waals surface area contributed by atoms with E-state index in [-0.39, 0.29) is 13.2 Å². The fraction of sp³-hybridized carbons (Fsp3) is 0.154. The maximum absolute atomic E-state index is 13.8. The molecule has 0 saturated heterocycles. The molecule has 0 amide bonds. The molecule has 0 atom stereocenters. The number of fused-ring (bicyclic) bond motifs is 1. The smallest absolute Gasteiger partial charge is 0.287 e. The lowest BCUT2D eigenvalue weighted by Crippen LogP contribution is -2.25. The van der Waals surface area contributed by atoms with Crippen LogP contribution in [0.5, 0.6) is 5.75 Å². The van der Waals surface area contributed by atoms with Gasteiger partial charge in [0.1, 0.15) is 29.4 Å². The quantitative estimate of drug-likeness (QED) is 0.334. The lowest BCUT2D eigenvalue weighted by molar-refractivity contribution is 0.306. The number of aromatic nitrogens is 5. The zero-order valence-electron chi connectivity index (χ0n) is 19.3. The minimum absolute atomic E-state index is 0.106. The molecule has 0 saturated carbocycles. The van der Waals surface area contributed by atoms with E-state index in [1.807, 2.05) is 38.1 Å². The number of nitrogens with zero attached hydrogens (tertiary/aromatic N) is 4. The first-order chi connectivity index (χ1) is 17.3. The Hall–Kier alpha value is -4.11. The Labute approximate surface area is 209 Å². The first-order valence-electron chi connectivity index (χ1n) is 11.0. The van der Waals surface area contributed by atoms with Gasteiger partial charge in [-0.2, -0.15) is 5.10 Å². The number of aryl methyl sites for hydroxylation is 2. The molecule has 0 spiro atoms.